The van der Waals surface area contributed by atoms with Crippen molar-refractivity contribution in [2.24, 2.45) is 0 Å². The Morgan fingerprint density at radius 1 is 1.62 bits per heavy atom. The summed E-state index contributed by atoms with van der Waals surface area (Å²) in [7, 11) is 0. The van der Waals surface area contributed by atoms with Gasteiger partial charge in [-0.25, -0.2) is 4.98 Å². The Labute approximate surface area is 82.0 Å². The van der Waals surface area contributed by atoms with Crippen molar-refractivity contribution in [3.63, 3.8) is 0 Å². The number of nitrogens with zero attached hydrogens (tertiary/aromatic N) is 1. The maximum absolute atomic E-state index is 12.7. The monoisotopic (exact) mass is 199 g/mol. The van der Waals surface area contributed by atoms with E-state index in [1.54, 1.807) is 11.3 Å². The third-order valence-electron chi connectivity index (χ3n) is 2.67. The second-order valence-electron chi connectivity index (χ2n) is 4.14. The molecule has 1 saturated carbocycles. The van der Waals surface area contributed by atoms with Gasteiger partial charge in [-0.05, 0) is 12.8 Å². The fourth-order valence-corrected chi connectivity index (χ4v) is 2.36. The molecule has 13 heavy (non-hydrogen) atoms. The van der Waals surface area contributed by atoms with Crippen LogP contribution in [0.4, 0.5) is 4.39 Å². The molecule has 0 saturated heterocycles. The van der Waals surface area contributed by atoms with E-state index in [1.807, 2.05) is 5.38 Å². The Kier molecular flexibility index (Phi) is 2.14. The molecule has 1 fully saturated rings. The zero-order valence-electron chi connectivity index (χ0n) is 8.01. The average molecular weight is 199 g/mol. The van der Waals surface area contributed by atoms with E-state index in [0.29, 0.717) is 5.92 Å². The molecule has 0 unspecified atom stereocenters. The molecule has 72 valence electrons. The summed E-state index contributed by atoms with van der Waals surface area (Å²) in [5.74, 6) is 0.467. The molecule has 0 bridgehead atoms. The van der Waals surface area contributed by atoms with E-state index < -0.39 is 0 Å². The van der Waals surface area contributed by atoms with E-state index in [9.17, 15) is 4.39 Å². The number of hydrogen-bond acceptors (Lipinski definition) is 2. The Morgan fingerprint density at radius 3 is 2.69 bits per heavy atom. The van der Waals surface area contributed by atoms with Crippen LogP contribution in [-0.2, 0) is 5.41 Å². The lowest BCUT2D eigenvalue weighted by Crippen LogP contribution is -2.09. The van der Waals surface area contributed by atoms with Crippen LogP contribution in [0.1, 0.15) is 43.3 Å². The first-order chi connectivity index (χ1) is 6.18. The molecule has 3 heteroatoms. The standard InChI is InChI=1S/C10H14FNS/c1-7(2)9-12-8(5-13-9)10(6-11)3-4-10/h5,7H,3-4,6H2,1-2H3. The molecular weight excluding hydrogens is 185 g/mol. The van der Waals surface area contributed by atoms with Gasteiger partial charge in [-0.15, -0.1) is 11.3 Å². The van der Waals surface area contributed by atoms with E-state index in [4.69, 9.17) is 0 Å². The van der Waals surface area contributed by atoms with Crippen molar-refractivity contribution in [1.29, 1.82) is 0 Å². The molecule has 0 N–H and O–H groups in total. The molecule has 0 atom stereocenters. The molecule has 0 aliphatic heterocycles. The molecule has 1 aliphatic rings. The highest BCUT2D eigenvalue weighted by atomic mass is 32.1. The lowest BCUT2D eigenvalue weighted by molar-refractivity contribution is 0.412. The summed E-state index contributed by atoms with van der Waals surface area (Å²) in [6.45, 7) is 4.00. The molecule has 1 aliphatic carbocycles. The lowest BCUT2D eigenvalue weighted by atomic mass is 10.1. The van der Waals surface area contributed by atoms with Gasteiger partial charge in [0, 0.05) is 16.7 Å². The van der Waals surface area contributed by atoms with Gasteiger partial charge in [0.1, 0.15) is 6.67 Å². The molecule has 1 aromatic rings. The van der Waals surface area contributed by atoms with Gasteiger partial charge in [0.15, 0.2) is 0 Å². The number of alkyl halides is 1. The van der Waals surface area contributed by atoms with E-state index in [0.717, 1.165) is 23.5 Å². The van der Waals surface area contributed by atoms with Crippen molar-refractivity contribution in [2.75, 3.05) is 6.67 Å². The Morgan fingerprint density at radius 2 is 2.31 bits per heavy atom. The van der Waals surface area contributed by atoms with E-state index in [-0.39, 0.29) is 12.1 Å². The first-order valence-corrected chi connectivity index (χ1v) is 5.58. The molecule has 1 aromatic heterocycles. The number of halogens is 1. The number of rotatable bonds is 3. The summed E-state index contributed by atoms with van der Waals surface area (Å²) in [6.07, 6.45) is 1.95. The Balaban J connectivity index is 2.23. The highest BCUT2D eigenvalue weighted by molar-refractivity contribution is 7.09. The van der Waals surface area contributed by atoms with Crippen molar-refractivity contribution in [1.82, 2.24) is 4.98 Å². The van der Waals surface area contributed by atoms with E-state index >= 15 is 0 Å². The third kappa shape index (κ3) is 1.50. The summed E-state index contributed by atoms with van der Waals surface area (Å²) in [5.41, 5.74) is 0.813. The topological polar surface area (TPSA) is 12.9 Å². The van der Waals surface area contributed by atoms with Crippen LogP contribution in [0.2, 0.25) is 0 Å². The van der Waals surface area contributed by atoms with Crippen LogP contribution in [0.25, 0.3) is 0 Å². The van der Waals surface area contributed by atoms with Gasteiger partial charge in [0.05, 0.1) is 10.7 Å². The maximum atomic E-state index is 12.7. The van der Waals surface area contributed by atoms with Gasteiger partial charge in [-0.3, -0.25) is 4.39 Å². The van der Waals surface area contributed by atoms with Gasteiger partial charge in [-0.2, -0.15) is 0 Å². The summed E-state index contributed by atoms with van der Waals surface area (Å²) < 4.78 is 12.7. The SMILES string of the molecule is CC(C)c1nc(C2(CF)CC2)cs1. The van der Waals surface area contributed by atoms with Crippen LogP contribution >= 0.6 is 11.3 Å². The minimum Gasteiger partial charge on any atom is -0.250 e. The normalized spacial score (nSPS) is 19.4. The highest BCUT2D eigenvalue weighted by Crippen LogP contribution is 2.48. The quantitative estimate of drug-likeness (QED) is 0.728. The highest BCUT2D eigenvalue weighted by Gasteiger charge is 2.46. The second-order valence-corrected chi connectivity index (χ2v) is 5.03. The zero-order chi connectivity index (χ0) is 9.47. The van der Waals surface area contributed by atoms with Gasteiger partial charge < -0.3 is 0 Å². The van der Waals surface area contributed by atoms with Crippen LogP contribution in [0.3, 0.4) is 0 Å². The molecule has 0 aromatic carbocycles. The predicted octanol–water partition coefficient (Wildman–Crippen LogP) is 3.27. The van der Waals surface area contributed by atoms with Crippen LogP contribution < -0.4 is 0 Å². The number of thiazole rings is 1. The molecule has 1 heterocycles. The predicted molar refractivity (Wildman–Crippen MR) is 53.1 cm³/mol. The lowest BCUT2D eigenvalue weighted by Gasteiger charge is -2.05. The van der Waals surface area contributed by atoms with Crippen molar-refractivity contribution in [3.05, 3.63) is 16.1 Å². The van der Waals surface area contributed by atoms with Crippen molar-refractivity contribution in [3.8, 4) is 0 Å². The van der Waals surface area contributed by atoms with Crippen molar-refractivity contribution >= 4 is 11.3 Å². The first kappa shape index (κ1) is 9.13. The number of hydrogen-bond donors (Lipinski definition) is 0. The average Bonchev–Trinajstić information content (AvgIpc) is 2.75. The molecule has 0 amide bonds. The van der Waals surface area contributed by atoms with Gasteiger partial charge in [0.2, 0.25) is 0 Å². The van der Waals surface area contributed by atoms with Gasteiger partial charge >= 0.3 is 0 Å². The van der Waals surface area contributed by atoms with Gasteiger partial charge in [0.25, 0.3) is 0 Å². The Hall–Kier alpha value is -0.440. The van der Waals surface area contributed by atoms with Crippen LogP contribution in [0.15, 0.2) is 5.38 Å². The maximum Gasteiger partial charge on any atom is 0.101 e. The fourth-order valence-electron chi connectivity index (χ4n) is 1.41. The third-order valence-corrected chi connectivity index (χ3v) is 3.81. The zero-order valence-corrected chi connectivity index (χ0v) is 8.83. The summed E-state index contributed by atoms with van der Waals surface area (Å²) in [4.78, 5) is 4.49. The molecule has 0 spiro atoms. The second kappa shape index (κ2) is 3.05. The van der Waals surface area contributed by atoms with Gasteiger partial charge in [-0.1, -0.05) is 13.8 Å². The molecule has 2 rings (SSSR count). The summed E-state index contributed by atoms with van der Waals surface area (Å²) in [6, 6.07) is 0. The van der Waals surface area contributed by atoms with Crippen LogP contribution in [-0.4, -0.2) is 11.7 Å². The van der Waals surface area contributed by atoms with Crippen molar-refractivity contribution < 1.29 is 4.39 Å². The van der Waals surface area contributed by atoms with Crippen LogP contribution in [0, 0.1) is 0 Å². The summed E-state index contributed by atoms with van der Waals surface area (Å²) in [5, 5.41) is 3.16. The number of aromatic nitrogens is 1. The Bertz CT molecular complexity index is 302. The largest absolute Gasteiger partial charge is 0.250 e. The van der Waals surface area contributed by atoms with E-state index in [1.165, 1.54) is 0 Å². The molecule has 1 nitrogen and oxygen atoms in total. The minimum atomic E-state index is -0.242. The fraction of sp³-hybridized carbons (Fsp3) is 0.700. The smallest absolute Gasteiger partial charge is 0.101 e. The molecule has 0 radical (unpaired) electrons. The molecular formula is C10H14FNS. The first-order valence-electron chi connectivity index (χ1n) is 4.70. The summed E-state index contributed by atoms with van der Waals surface area (Å²) >= 11 is 1.66. The van der Waals surface area contributed by atoms with E-state index in [2.05, 4.69) is 18.8 Å². The van der Waals surface area contributed by atoms with Crippen LogP contribution in [0.5, 0.6) is 0 Å². The van der Waals surface area contributed by atoms with Crippen molar-refractivity contribution in [2.45, 2.75) is 38.0 Å². The minimum absolute atomic E-state index is 0.177.